The summed E-state index contributed by atoms with van der Waals surface area (Å²) in [5.74, 6) is 0.407. The summed E-state index contributed by atoms with van der Waals surface area (Å²) in [5.41, 5.74) is 5.11. The van der Waals surface area contributed by atoms with E-state index in [1.807, 2.05) is 60.8 Å². The van der Waals surface area contributed by atoms with Crippen LogP contribution in [0.1, 0.15) is 17.8 Å². The second-order valence-corrected chi connectivity index (χ2v) is 7.77. The number of hydrogen-bond acceptors (Lipinski definition) is 3. The van der Waals surface area contributed by atoms with Gasteiger partial charge in [0.25, 0.3) is 0 Å². The minimum atomic E-state index is -0.304. The number of carbonyl (C=O) groups is 1. The molecule has 5 aromatic rings. The van der Waals surface area contributed by atoms with Gasteiger partial charge in [-0.1, -0.05) is 30.3 Å². The number of aromatic nitrogens is 4. The van der Waals surface area contributed by atoms with Crippen LogP contribution in [0, 0.1) is 5.82 Å². The predicted octanol–water partition coefficient (Wildman–Crippen LogP) is 4.80. The van der Waals surface area contributed by atoms with E-state index < -0.39 is 0 Å². The van der Waals surface area contributed by atoms with Gasteiger partial charge in [-0.15, -0.1) is 0 Å². The zero-order valence-corrected chi connectivity index (χ0v) is 17.8. The number of hydrogen-bond donors (Lipinski definition) is 2. The Bertz CT molecular complexity index is 1360. The van der Waals surface area contributed by atoms with Crippen molar-refractivity contribution in [3.8, 4) is 16.9 Å². The first-order valence-corrected chi connectivity index (χ1v) is 10.8. The Kier molecular flexibility index (Phi) is 5.68. The van der Waals surface area contributed by atoms with E-state index in [2.05, 4.69) is 15.3 Å². The molecule has 0 aliphatic heterocycles. The Hall–Kier alpha value is -4.26. The molecule has 2 heterocycles. The molecule has 164 valence electrons. The third-order valence-electron chi connectivity index (χ3n) is 5.43. The summed E-state index contributed by atoms with van der Waals surface area (Å²) in [6.07, 6.45) is 2.74. The maximum atomic E-state index is 13.4. The first kappa shape index (κ1) is 20.6. The number of aryl methyl sites for hydroxylation is 1. The summed E-state index contributed by atoms with van der Waals surface area (Å²) in [4.78, 5) is 20.3. The van der Waals surface area contributed by atoms with Crippen LogP contribution in [0.3, 0.4) is 0 Å². The molecule has 6 nitrogen and oxygen atoms in total. The van der Waals surface area contributed by atoms with Crippen molar-refractivity contribution in [1.29, 1.82) is 0 Å². The molecule has 5 rings (SSSR count). The van der Waals surface area contributed by atoms with E-state index in [0.717, 1.165) is 33.7 Å². The summed E-state index contributed by atoms with van der Waals surface area (Å²) >= 11 is 0. The number of fused-ring (bicyclic) bond motifs is 1. The highest BCUT2D eigenvalue weighted by molar-refractivity contribution is 5.77. The Morgan fingerprint density at radius 3 is 2.52 bits per heavy atom. The van der Waals surface area contributed by atoms with Crippen LogP contribution in [-0.2, 0) is 17.8 Å². The van der Waals surface area contributed by atoms with Gasteiger partial charge in [-0.2, -0.15) is 5.10 Å². The standard InChI is InChI=1S/C26H22FN5O/c27-20-12-10-18(11-13-20)26-19(17-32(31-26)21-6-2-1-3-7-21)16-28-25(33)15-14-24-29-22-8-4-5-9-23(22)30-24/h1-13,17H,14-16H2,(H,28,33)(H,29,30). The molecule has 1 amide bonds. The lowest BCUT2D eigenvalue weighted by atomic mass is 10.1. The van der Waals surface area contributed by atoms with Crippen molar-refractivity contribution in [2.45, 2.75) is 19.4 Å². The van der Waals surface area contributed by atoms with Crippen LogP contribution < -0.4 is 5.32 Å². The molecule has 2 N–H and O–H groups in total. The van der Waals surface area contributed by atoms with E-state index >= 15 is 0 Å². The normalized spacial score (nSPS) is 11.1. The topological polar surface area (TPSA) is 75.6 Å². The Morgan fingerprint density at radius 2 is 1.73 bits per heavy atom. The van der Waals surface area contributed by atoms with Gasteiger partial charge in [-0.3, -0.25) is 4.79 Å². The Morgan fingerprint density at radius 1 is 0.970 bits per heavy atom. The van der Waals surface area contributed by atoms with Crippen molar-refractivity contribution in [3.63, 3.8) is 0 Å². The lowest BCUT2D eigenvalue weighted by molar-refractivity contribution is -0.121. The van der Waals surface area contributed by atoms with E-state index in [1.165, 1.54) is 12.1 Å². The fraction of sp³-hybridized carbons (Fsp3) is 0.115. The third-order valence-corrected chi connectivity index (χ3v) is 5.43. The molecule has 7 heteroatoms. The van der Waals surface area contributed by atoms with E-state index in [1.54, 1.807) is 16.8 Å². The Balaban J connectivity index is 1.30. The van der Waals surface area contributed by atoms with Crippen molar-refractivity contribution in [1.82, 2.24) is 25.1 Å². The van der Waals surface area contributed by atoms with Crippen molar-refractivity contribution in [2.24, 2.45) is 0 Å². The summed E-state index contributed by atoms with van der Waals surface area (Å²) < 4.78 is 15.2. The van der Waals surface area contributed by atoms with Crippen LogP contribution in [-0.4, -0.2) is 25.7 Å². The highest BCUT2D eigenvalue weighted by Gasteiger charge is 2.14. The van der Waals surface area contributed by atoms with E-state index in [4.69, 9.17) is 5.10 Å². The number of halogens is 1. The number of benzene rings is 3. The number of imidazole rings is 1. The van der Waals surface area contributed by atoms with Gasteiger partial charge in [0.2, 0.25) is 5.91 Å². The molecule has 0 atom stereocenters. The van der Waals surface area contributed by atoms with Gasteiger partial charge in [0.05, 0.1) is 22.4 Å². The van der Waals surface area contributed by atoms with Crippen LogP contribution in [0.4, 0.5) is 4.39 Å². The molecular weight excluding hydrogens is 417 g/mol. The number of amides is 1. The highest BCUT2D eigenvalue weighted by atomic mass is 19.1. The fourth-order valence-corrected chi connectivity index (χ4v) is 3.74. The molecule has 0 unspecified atom stereocenters. The maximum Gasteiger partial charge on any atom is 0.220 e. The number of para-hydroxylation sites is 3. The molecule has 2 aromatic heterocycles. The molecule has 0 aliphatic carbocycles. The lowest BCUT2D eigenvalue weighted by Crippen LogP contribution is -2.23. The van der Waals surface area contributed by atoms with Gasteiger partial charge in [-0.05, 0) is 48.5 Å². The van der Waals surface area contributed by atoms with Gasteiger partial charge < -0.3 is 10.3 Å². The van der Waals surface area contributed by atoms with E-state index in [-0.39, 0.29) is 11.7 Å². The predicted molar refractivity (Wildman–Crippen MR) is 125 cm³/mol. The lowest BCUT2D eigenvalue weighted by Gasteiger charge is -2.05. The molecule has 0 aliphatic rings. The van der Waals surface area contributed by atoms with Crippen LogP contribution in [0.15, 0.2) is 85.1 Å². The molecule has 0 saturated carbocycles. The quantitative estimate of drug-likeness (QED) is 0.382. The van der Waals surface area contributed by atoms with Crippen LogP contribution >= 0.6 is 0 Å². The van der Waals surface area contributed by atoms with Gasteiger partial charge in [0.1, 0.15) is 11.6 Å². The zero-order chi connectivity index (χ0) is 22.6. The van der Waals surface area contributed by atoms with Gasteiger partial charge >= 0.3 is 0 Å². The third kappa shape index (κ3) is 4.67. The molecule has 33 heavy (non-hydrogen) atoms. The van der Waals surface area contributed by atoms with Crippen molar-refractivity contribution in [3.05, 3.63) is 102 Å². The van der Waals surface area contributed by atoms with Crippen LogP contribution in [0.25, 0.3) is 28.0 Å². The van der Waals surface area contributed by atoms with Gasteiger partial charge in [-0.25, -0.2) is 14.1 Å². The zero-order valence-electron chi connectivity index (χ0n) is 17.8. The van der Waals surface area contributed by atoms with Gasteiger partial charge in [0, 0.05) is 36.7 Å². The molecule has 3 aromatic carbocycles. The average molecular weight is 439 g/mol. The summed E-state index contributed by atoms with van der Waals surface area (Å²) in [6, 6.07) is 23.7. The second kappa shape index (κ2) is 9.08. The molecular formula is C26H22FN5O. The summed E-state index contributed by atoms with van der Waals surface area (Å²) in [5, 5.41) is 7.69. The monoisotopic (exact) mass is 439 g/mol. The minimum Gasteiger partial charge on any atom is -0.352 e. The molecule has 0 bridgehead atoms. The minimum absolute atomic E-state index is 0.0760. The number of carbonyl (C=O) groups excluding carboxylic acids is 1. The molecule has 0 radical (unpaired) electrons. The molecule has 0 fully saturated rings. The molecule has 0 saturated heterocycles. The highest BCUT2D eigenvalue weighted by Crippen LogP contribution is 2.24. The fourth-order valence-electron chi connectivity index (χ4n) is 3.74. The number of H-pyrrole nitrogens is 1. The first-order valence-electron chi connectivity index (χ1n) is 10.8. The van der Waals surface area contributed by atoms with Crippen LogP contribution in [0.2, 0.25) is 0 Å². The number of aromatic amines is 1. The number of rotatable bonds is 7. The largest absolute Gasteiger partial charge is 0.352 e. The second-order valence-electron chi connectivity index (χ2n) is 7.77. The van der Waals surface area contributed by atoms with Crippen molar-refractivity contribution >= 4 is 16.9 Å². The van der Waals surface area contributed by atoms with E-state index in [9.17, 15) is 9.18 Å². The summed E-state index contributed by atoms with van der Waals surface area (Å²) in [7, 11) is 0. The van der Waals surface area contributed by atoms with Crippen molar-refractivity contribution < 1.29 is 9.18 Å². The number of nitrogens with one attached hydrogen (secondary N) is 2. The maximum absolute atomic E-state index is 13.4. The SMILES string of the molecule is O=C(CCc1nc2ccccc2[nH]1)NCc1cn(-c2ccccc2)nc1-c1ccc(F)cc1. The summed E-state index contributed by atoms with van der Waals surface area (Å²) in [6.45, 7) is 0.318. The molecule has 0 spiro atoms. The average Bonchev–Trinajstić information content (AvgIpc) is 3.46. The Labute approximate surface area is 190 Å². The van der Waals surface area contributed by atoms with Crippen LogP contribution in [0.5, 0.6) is 0 Å². The van der Waals surface area contributed by atoms with E-state index in [0.29, 0.717) is 25.1 Å². The van der Waals surface area contributed by atoms with Gasteiger partial charge in [0.15, 0.2) is 0 Å². The van der Waals surface area contributed by atoms with Crippen molar-refractivity contribution in [2.75, 3.05) is 0 Å². The smallest absolute Gasteiger partial charge is 0.220 e. The number of nitrogens with zero attached hydrogens (tertiary/aromatic N) is 3. The first-order chi connectivity index (χ1) is 16.2.